The van der Waals surface area contributed by atoms with Gasteiger partial charge < -0.3 is 0 Å². The van der Waals surface area contributed by atoms with E-state index >= 15 is 0 Å². The third-order valence-corrected chi connectivity index (χ3v) is 7.05. The molecule has 1 aliphatic rings. The summed E-state index contributed by atoms with van der Waals surface area (Å²) < 4.78 is 12.8. The molecular weight excluding hydrogens is 312 g/mol. The van der Waals surface area contributed by atoms with E-state index in [1.54, 1.807) is 0 Å². The van der Waals surface area contributed by atoms with E-state index < -0.39 is 15.5 Å². The van der Waals surface area contributed by atoms with E-state index in [9.17, 15) is 4.21 Å². The van der Waals surface area contributed by atoms with Gasteiger partial charge in [0.05, 0.1) is 5.25 Å². The second-order valence-electron chi connectivity index (χ2n) is 6.56. The van der Waals surface area contributed by atoms with Gasteiger partial charge in [-0.2, -0.15) is 0 Å². The second kappa shape index (κ2) is 5.71. The first kappa shape index (κ1) is 15.3. The third-order valence-electron chi connectivity index (χ3n) is 4.91. The topological polar surface area (TPSA) is 17.1 Å². The summed E-state index contributed by atoms with van der Waals surface area (Å²) in [6.07, 6.45) is 0. The Labute approximate surface area is 145 Å². The zero-order chi connectivity index (χ0) is 16.7. The van der Waals surface area contributed by atoms with Crippen molar-refractivity contribution in [2.75, 3.05) is 0 Å². The molecule has 1 heterocycles. The highest BCUT2D eigenvalue weighted by molar-refractivity contribution is 7.94. The molecule has 0 aromatic heterocycles. The van der Waals surface area contributed by atoms with Crippen LogP contribution in [0.15, 0.2) is 78.9 Å². The highest BCUT2D eigenvalue weighted by Gasteiger charge is 2.66. The molecule has 2 atom stereocenters. The van der Waals surface area contributed by atoms with Crippen LogP contribution < -0.4 is 0 Å². The first-order valence-corrected chi connectivity index (χ1v) is 9.45. The average Bonchev–Trinajstić information content (AvgIpc) is 3.23. The number of aryl methyl sites for hydroxylation is 2. The van der Waals surface area contributed by atoms with Crippen molar-refractivity contribution < 1.29 is 4.21 Å². The Morgan fingerprint density at radius 1 is 0.708 bits per heavy atom. The summed E-state index contributed by atoms with van der Waals surface area (Å²) in [7, 11) is -0.961. The lowest BCUT2D eigenvalue weighted by Crippen LogP contribution is -2.13. The summed E-state index contributed by atoms with van der Waals surface area (Å²) >= 11 is 0. The summed E-state index contributed by atoms with van der Waals surface area (Å²) in [5, 5.41) is 0.0177. The SMILES string of the molecule is Cc1ccc(C2(c3ccc(C)cc3)C(c3ccccc3)S2=O)cc1. The quantitative estimate of drug-likeness (QED) is 0.613. The number of rotatable bonds is 3. The molecule has 1 nitrogen and oxygen atoms in total. The van der Waals surface area contributed by atoms with Crippen LogP contribution in [0.2, 0.25) is 0 Å². The molecule has 1 saturated heterocycles. The van der Waals surface area contributed by atoms with Crippen molar-refractivity contribution in [3.63, 3.8) is 0 Å². The molecule has 2 unspecified atom stereocenters. The summed E-state index contributed by atoms with van der Waals surface area (Å²) in [4.78, 5) is 0. The van der Waals surface area contributed by atoms with Crippen molar-refractivity contribution in [3.8, 4) is 0 Å². The van der Waals surface area contributed by atoms with E-state index in [0.29, 0.717) is 0 Å². The van der Waals surface area contributed by atoms with Gasteiger partial charge in [0.2, 0.25) is 0 Å². The molecule has 2 heteroatoms. The summed E-state index contributed by atoms with van der Waals surface area (Å²) in [5.41, 5.74) is 5.88. The van der Waals surface area contributed by atoms with Crippen LogP contribution in [0, 0.1) is 13.8 Å². The second-order valence-corrected chi connectivity index (χ2v) is 8.27. The Hall–Kier alpha value is -2.19. The fourth-order valence-electron chi connectivity index (χ4n) is 3.53. The third kappa shape index (κ3) is 2.25. The van der Waals surface area contributed by atoms with Crippen LogP contribution in [-0.2, 0) is 15.5 Å². The minimum Gasteiger partial charge on any atom is -0.258 e. The van der Waals surface area contributed by atoms with Crippen molar-refractivity contribution in [1.29, 1.82) is 0 Å². The van der Waals surface area contributed by atoms with Gasteiger partial charge in [0, 0.05) is 10.8 Å². The van der Waals surface area contributed by atoms with Gasteiger partial charge in [-0.25, -0.2) is 0 Å². The highest BCUT2D eigenvalue weighted by atomic mass is 32.2. The van der Waals surface area contributed by atoms with E-state index in [1.165, 1.54) is 11.1 Å². The highest BCUT2D eigenvalue weighted by Crippen LogP contribution is 2.64. The maximum absolute atomic E-state index is 13.2. The average molecular weight is 332 g/mol. The van der Waals surface area contributed by atoms with Crippen molar-refractivity contribution in [3.05, 3.63) is 107 Å². The predicted octanol–water partition coefficient (Wildman–Crippen LogP) is 5.05. The first-order valence-electron chi connectivity index (χ1n) is 8.24. The van der Waals surface area contributed by atoms with Crippen LogP contribution >= 0.6 is 0 Å². The standard InChI is InChI=1S/C22H20OS/c1-16-8-12-19(13-9-16)22(20-14-10-17(2)11-15-20)21(24(22)23)18-6-4-3-5-7-18/h3-15,21H,1-2H3. The molecule has 24 heavy (non-hydrogen) atoms. The van der Waals surface area contributed by atoms with Gasteiger partial charge in [-0.15, -0.1) is 0 Å². The Kier molecular flexibility index (Phi) is 3.65. The molecule has 0 radical (unpaired) electrons. The fourth-order valence-corrected chi connectivity index (χ4v) is 5.69. The Bertz CT molecular complexity index is 834. The summed E-state index contributed by atoms with van der Waals surface area (Å²) in [6.45, 7) is 4.17. The van der Waals surface area contributed by atoms with Crippen molar-refractivity contribution in [1.82, 2.24) is 0 Å². The van der Waals surface area contributed by atoms with Crippen LogP contribution in [-0.4, -0.2) is 4.21 Å². The van der Waals surface area contributed by atoms with Gasteiger partial charge in [0.25, 0.3) is 0 Å². The smallest absolute Gasteiger partial charge is 0.115 e. The molecule has 0 amide bonds. The van der Waals surface area contributed by atoms with E-state index in [1.807, 2.05) is 18.2 Å². The molecular formula is C22H20OS. The Morgan fingerprint density at radius 3 is 1.62 bits per heavy atom. The molecule has 3 aromatic rings. The van der Waals surface area contributed by atoms with Crippen LogP contribution in [0.4, 0.5) is 0 Å². The van der Waals surface area contributed by atoms with Gasteiger partial charge >= 0.3 is 0 Å². The van der Waals surface area contributed by atoms with Gasteiger partial charge in [-0.05, 0) is 30.5 Å². The molecule has 1 fully saturated rings. The van der Waals surface area contributed by atoms with Crippen molar-refractivity contribution in [2.24, 2.45) is 0 Å². The van der Waals surface area contributed by atoms with E-state index in [4.69, 9.17) is 0 Å². The Morgan fingerprint density at radius 2 is 1.17 bits per heavy atom. The molecule has 0 aliphatic carbocycles. The van der Waals surface area contributed by atoms with Crippen LogP contribution in [0.1, 0.15) is 33.1 Å². The molecule has 1 aliphatic heterocycles. The normalized spacial score (nSPS) is 21.4. The van der Waals surface area contributed by atoms with E-state index in [-0.39, 0.29) is 5.25 Å². The van der Waals surface area contributed by atoms with Crippen LogP contribution in [0.5, 0.6) is 0 Å². The molecule has 0 bridgehead atoms. The van der Waals surface area contributed by atoms with E-state index in [2.05, 4.69) is 74.5 Å². The molecule has 120 valence electrons. The fraction of sp³-hybridized carbons (Fsp3) is 0.182. The van der Waals surface area contributed by atoms with Crippen molar-refractivity contribution >= 4 is 10.8 Å². The first-order chi connectivity index (χ1) is 11.6. The van der Waals surface area contributed by atoms with Gasteiger partial charge in [-0.1, -0.05) is 90.0 Å². The maximum atomic E-state index is 13.2. The van der Waals surface area contributed by atoms with Gasteiger partial charge in [0.15, 0.2) is 0 Å². The van der Waals surface area contributed by atoms with Crippen LogP contribution in [0.3, 0.4) is 0 Å². The zero-order valence-corrected chi connectivity index (χ0v) is 14.7. The lowest BCUT2D eigenvalue weighted by Gasteiger charge is -2.17. The van der Waals surface area contributed by atoms with Crippen LogP contribution in [0.25, 0.3) is 0 Å². The number of hydrogen-bond acceptors (Lipinski definition) is 1. The maximum Gasteiger partial charge on any atom is 0.115 e. The molecule has 0 spiro atoms. The number of hydrogen-bond donors (Lipinski definition) is 0. The molecule has 0 saturated carbocycles. The van der Waals surface area contributed by atoms with Gasteiger partial charge in [-0.3, -0.25) is 4.21 Å². The van der Waals surface area contributed by atoms with Gasteiger partial charge in [0.1, 0.15) is 4.75 Å². The largest absolute Gasteiger partial charge is 0.258 e. The molecule has 0 N–H and O–H groups in total. The monoisotopic (exact) mass is 332 g/mol. The lowest BCUT2D eigenvalue weighted by atomic mass is 9.85. The molecule has 4 rings (SSSR count). The number of benzene rings is 3. The minimum atomic E-state index is -0.961. The lowest BCUT2D eigenvalue weighted by molar-refractivity contribution is 0.689. The Balaban J connectivity index is 1.90. The van der Waals surface area contributed by atoms with Crippen molar-refractivity contribution in [2.45, 2.75) is 23.8 Å². The zero-order valence-electron chi connectivity index (χ0n) is 13.9. The van der Waals surface area contributed by atoms with E-state index in [0.717, 1.165) is 16.7 Å². The minimum absolute atomic E-state index is 0.0177. The summed E-state index contributed by atoms with van der Waals surface area (Å²) in [6, 6.07) is 27.2. The molecule has 3 aromatic carbocycles. The summed E-state index contributed by atoms with van der Waals surface area (Å²) in [5.74, 6) is 0. The predicted molar refractivity (Wildman–Crippen MR) is 100 cm³/mol.